The number of hydrogen-bond acceptors (Lipinski definition) is 7. The Morgan fingerprint density at radius 1 is 1.41 bits per heavy atom. The molecule has 0 saturated carbocycles. The molecule has 0 aliphatic carbocycles. The lowest BCUT2D eigenvalue weighted by Crippen LogP contribution is -2.34. The van der Waals surface area contributed by atoms with Crippen LogP contribution in [0.1, 0.15) is 25.3 Å². The van der Waals surface area contributed by atoms with Gasteiger partial charge in [-0.2, -0.15) is 4.98 Å². The topological polar surface area (TPSA) is 71.0 Å². The Labute approximate surface area is 183 Å². The van der Waals surface area contributed by atoms with Gasteiger partial charge in [-0.05, 0) is 43.4 Å². The van der Waals surface area contributed by atoms with E-state index >= 15 is 0 Å². The predicted octanol–water partition coefficient (Wildman–Crippen LogP) is 5.02. The van der Waals surface area contributed by atoms with Crippen LogP contribution in [0.2, 0.25) is 5.02 Å². The van der Waals surface area contributed by atoms with Gasteiger partial charge in [0.1, 0.15) is 16.1 Å². The van der Waals surface area contributed by atoms with Crippen LogP contribution in [-0.4, -0.2) is 39.7 Å². The second kappa shape index (κ2) is 8.85. The van der Waals surface area contributed by atoms with Crippen molar-refractivity contribution >= 4 is 61.8 Å². The van der Waals surface area contributed by atoms with Gasteiger partial charge in [0.05, 0.1) is 16.5 Å². The number of anilines is 2. The Morgan fingerprint density at radius 3 is 3.07 bits per heavy atom. The van der Waals surface area contributed by atoms with Crippen molar-refractivity contribution in [3.8, 4) is 0 Å². The predicted molar refractivity (Wildman–Crippen MR) is 121 cm³/mol. The molecule has 1 amide bonds. The zero-order valence-electron chi connectivity index (χ0n) is 16.3. The molecule has 2 aromatic heterocycles. The molecule has 152 valence electrons. The average Bonchev–Trinajstić information content (AvgIpc) is 3.13. The van der Waals surface area contributed by atoms with E-state index in [0.29, 0.717) is 22.3 Å². The summed E-state index contributed by atoms with van der Waals surface area (Å²) in [7, 11) is 0. The Bertz CT molecular complexity index is 1040. The molecule has 29 heavy (non-hydrogen) atoms. The summed E-state index contributed by atoms with van der Waals surface area (Å²) in [4.78, 5) is 28.1. The first-order chi connectivity index (χ1) is 14.0. The normalized spacial score (nSPS) is 16.9. The molecular weight excluding hydrogens is 426 g/mol. The minimum absolute atomic E-state index is 0.123. The lowest BCUT2D eigenvalue weighted by Gasteiger charge is -2.30. The number of aromatic nitrogens is 3. The van der Waals surface area contributed by atoms with E-state index in [1.54, 1.807) is 11.3 Å². The molecule has 1 aliphatic heterocycles. The number of fused-ring (bicyclic) bond motifs is 1. The highest BCUT2D eigenvalue weighted by Crippen LogP contribution is 2.35. The largest absolute Gasteiger partial charge is 0.348 e. The number of nitrogens with zero attached hydrogens (tertiary/aromatic N) is 4. The van der Waals surface area contributed by atoms with Crippen LogP contribution in [0, 0.1) is 12.8 Å². The number of benzene rings is 1. The highest BCUT2D eigenvalue weighted by molar-refractivity contribution is 8.00. The fourth-order valence-electron chi connectivity index (χ4n) is 3.37. The van der Waals surface area contributed by atoms with E-state index in [1.807, 2.05) is 25.1 Å². The lowest BCUT2D eigenvalue weighted by molar-refractivity contribution is -0.113. The summed E-state index contributed by atoms with van der Waals surface area (Å²) in [6.45, 7) is 6.29. The van der Waals surface area contributed by atoms with E-state index in [9.17, 15) is 4.79 Å². The third-order valence-corrected chi connectivity index (χ3v) is 7.36. The third-order valence-electron chi connectivity index (χ3n) is 4.81. The van der Waals surface area contributed by atoms with Crippen molar-refractivity contribution in [2.45, 2.75) is 31.7 Å². The number of piperidine rings is 1. The summed E-state index contributed by atoms with van der Waals surface area (Å²) < 4.78 is 0.937. The quantitative estimate of drug-likeness (QED) is 0.437. The molecule has 1 saturated heterocycles. The number of nitrogens with one attached hydrogen (secondary N) is 1. The molecule has 1 N–H and O–H groups in total. The molecule has 3 heterocycles. The second-order valence-electron chi connectivity index (χ2n) is 7.34. The van der Waals surface area contributed by atoms with Gasteiger partial charge in [-0.15, -0.1) is 0 Å². The first-order valence-corrected chi connectivity index (χ1v) is 11.7. The molecule has 9 heteroatoms. The minimum Gasteiger partial charge on any atom is -0.348 e. The molecule has 0 spiro atoms. The second-order valence-corrected chi connectivity index (χ2v) is 9.69. The van der Waals surface area contributed by atoms with Crippen LogP contribution in [0.5, 0.6) is 0 Å². The number of thioether (sulfide) groups is 1. The number of rotatable bonds is 5. The number of thiazole rings is 1. The van der Waals surface area contributed by atoms with Crippen molar-refractivity contribution in [3.05, 3.63) is 35.1 Å². The van der Waals surface area contributed by atoms with Crippen LogP contribution < -0.4 is 10.2 Å². The smallest absolute Gasteiger partial charge is 0.234 e. The molecule has 0 bridgehead atoms. The maximum atomic E-state index is 12.4. The van der Waals surface area contributed by atoms with Crippen LogP contribution in [0.15, 0.2) is 29.6 Å². The van der Waals surface area contributed by atoms with Gasteiger partial charge in [-0.25, -0.2) is 9.97 Å². The van der Waals surface area contributed by atoms with Gasteiger partial charge in [0.15, 0.2) is 10.8 Å². The molecule has 1 fully saturated rings. The first-order valence-electron chi connectivity index (χ1n) is 9.55. The Balaban J connectivity index is 1.45. The summed E-state index contributed by atoms with van der Waals surface area (Å²) >= 11 is 9.20. The van der Waals surface area contributed by atoms with Gasteiger partial charge in [0.2, 0.25) is 5.91 Å². The lowest BCUT2D eigenvalue weighted by atomic mass is 10.0. The number of aryl methyl sites for hydroxylation is 1. The van der Waals surface area contributed by atoms with E-state index in [2.05, 4.69) is 27.1 Å². The van der Waals surface area contributed by atoms with Gasteiger partial charge in [-0.3, -0.25) is 4.79 Å². The summed E-state index contributed by atoms with van der Waals surface area (Å²) in [6.07, 6.45) is 3.97. The number of amides is 1. The van der Waals surface area contributed by atoms with Crippen molar-refractivity contribution in [2.75, 3.05) is 29.1 Å². The SMILES string of the molecule is Cc1ccc(NC(=O)CSc2ncnc3nc(N4CCC[C@@H](C)C4)sc23)c(Cl)c1. The molecule has 0 unspecified atom stereocenters. The Morgan fingerprint density at radius 2 is 2.28 bits per heavy atom. The van der Waals surface area contributed by atoms with Gasteiger partial charge in [0, 0.05) is 13.1 Å². The number of carbonyl (C=O) groups excluding carboxylic acids is 1. The van der Waals surface area contributed by atoms with Gasteiger partial charge >= 0.3 is 0 Å². The monoisotopic (exact) mass is 447 g/mol. The van der Waals surface area contributed by atoms with Crippen molar-refractivity contribution in [1.29, 1.82) is 0 Å². The highest BCUT2D eigenvalue weighted by Gasteiger charge is 2.21. The fraction of sp³-hybridized carbons (Fsp3) is 0.400. The van der Waals surface area contributed by atoms with Gasteiger partial charge in [0.25, 0.3) is 0 Å². The van der Waals surface area contributed by atoms with Crippen LogP contribution >= 0.6 is 34.7 Å². The van der Waals surface area contributed by atoms with Crippen molar-refractivity contribution < 1.29 is 4.79 Å². The maximum absolute atomic E-state index is 12.4. The molecule has 1 aromatic carbocycles. The highest BCUT2D eigenvalue weighted by atomic mass is 35.5. The standard InChI is InChI=1S/C20H22ClN5OS2/c1-12-5-6-15(14(21)8-12)24-16(27)10-28-19-17-18(22-11-23-19)25-20(29-17)26-7-3-4-13(2)9-26/h5-6,8,11,13H,3-4,7,9-10H2,1-2H3,(H,24,27)/t13-/m1/s1. The molecule has 0 radical (unpaired) electrons. The zero-order valence-corrected chi connectivity index (χ0v) is 18.7. The molecule has 1 aliphatic rings. The Kier molecular flexibility index (Phi) is 6.22. The molecule has 4 rings (SSSR count). The molecule has 3 aromatic rings. The van der Waals surface area contributed by atoms with E-state index in [-0.39, 0.29) is 11.7 Å². The van der Waals surface area contributed by atoms with Crippen LogP contribution in [0.4, 0.5) is 10.8 Å². The van der Waals surface area contributed by atoms with Crippen molar-refractivity contribution in [1.82, 2.24) is 15.0 Å². The molecule has 6 nitrogen and oxygen atoms in total. The minimum atomic E-state index is -0.123. The molecule has 1 atom stereocenters. The van der Waals surface area contributed by atoms with Gasteiger partial charge < -0.3 is 10.2 Å². The van der Waals surface area contributed by atoms with Crippen molar-refractivity contribution in [2.24, 2.45) is 5.92 Å². The summed E-state index contributed by atoms with van der Waals surface area (Å²) in [6, 6.07) is 5.57. The first kappa shape index (κ1) is 20.4. The Hall–Kier alpha value is -1.90. The maximum Gasteiger partial charge on any atom is 0.234 e. The van der Waals surface area contributed by atoms with E-state index in [4.69, 9.17) is 16.6 Å². The van der Waals surface area contributed by atoms with Crippen LogP contribution in [0.3, 0.4) is 0 Å². The summed E-state index contributed by atoms with van der Waals surface area (Å²) in [5.41, 5.74) is 2.37. The van der Waals surface area contributed by atoms with Gasteiger partial charge in [-0.1, -0.05) is 47.7 Å². The van der Waals surface area contributed by atoms with E-state index in [1.165, 1.54) is 30.9 Å². The number of carbonyl (C=O) groups is 1. The van der Waals surface area contributed by atoms with Crippen LogP contribution in [0.25, 0.3) is 10.3 Å². The number of hydrogen-bond donors (Lipinski definition) is 1. The fourth-order valence-corrected chi connectivity index (χ4v) is 5.57. The van der Waals surface area contributed by atoms with Crippen molar-refractivity contribution in [3.63, 3.8) is 0 Å². The summed E-state index contributed by atoms with van der Waals surface area (Å²) in [5.74, 6) is 0.791. The number of halogens is 1. The van der Waals surface area contributed by atoms with E-state index in [0.717, 1.165) is 33.5 Å². The van der Waals surface area contributed by atoms with E-state index < -0.39 is 0 Å². The third kappa shape index (κ3) is 4.82. The zero-order chi connectivity index (χ0) is 20.4. The average molecular weight is 448 g/mol. The molecular formula is C20H22ClN5OS2. The van der Waals surface area contributed by atoms with Crippen LogP contribution in [-0.2, 0) is 4.79 Å². The summed E-state index contributed by atoms with van der Waals surface area (Å²) in [5, 5.41) is 5.18.